The van der Waals surface area contributed by atoms with Crippen LogP contribution in [0.25, 0.3) is 0 Å². The van der Waals surface area contributed by atoms with Crippen LogP contribution in [-0.2, 0) is 14.8 Å². The average Bonchev–Trinajstić information content (AvgIpc) is 2.87. The van der Waals surface area contributed by atoms with Gasteiger partial charge in [-0.3, -0.25) is 0 Å². The highest BCUT2D eigenvalue weighted by Crippen LogP contribution is 2.28. The van der Waals surface area contributed by atoms with Gasteiger partial charge in [-0.25, -0.2) is 13.1 Å². The minimum atomic E-state index is -3.18. The van der Waals surface area contributed by atoms with E-state index in [0.717, 1.165) is 12.5 Å². The summed E-state index contributed by atoms with van der Waals surface area (Å²) in [6.45, 7) is 1.54. The standard InChI is InChI=1S/C8H16ClNO3S/c9-3-6-14(11,12)10-4-5-13-7-8-1-2-8/h8,10H,1-7H2. The molecule has 0 saturated heterocycles. The van der Waals surface area contributed by atoms with Gasteiger partial charge in [0.05, 0.1) is 12.4 Å². The molecule has 84 valence electrons. The summed E-state index contributed by atoms with van der Waals surface area (Å²) >= 11 is 5.33. The van der Waals surface area contributed by atoms with Crippen molar-refractivity contribution in [3.05, 3.63) is 0 Å². The van der Waals surface area contributed by atoms with E-state index >= 15 is 0 Å². The molecule has 1 aliphatic carbocycles. The van der Waals surface area contributed by atoms with Gasteiger partial charge in [-0.15, -0.1) is 11.6 Å². The molecule has 0 atom stereocenters. The van der Waals surface area contributed by atoms with E-state index in [2.05, 4.69) is 4.72 Å². The molecule has 6 heteroatoms. The maximum absolute atomic E-state index is 11.1. The molecule has 0 amide bonds. The van der Waals surface area contributed by atoms with Crippen molar-refractivity contribution >= 4 is 21.6 Å². The van der Waals surface area contributed by atoms with E-state index < -0.39 is 10.0 Å². The van der Waals surface area contributed by atoms with E-state index in [1.807, 2.05) is 0 Å². The molecule has 0 aromatic heterocycles. The number of nitrogens with one attached hydrogen (secondary N) is 1. The number of ether oxygens (including phenoxy) is 1. The highest BCUT2D eigenvalue weighted by molar-refractivity contribution is 7.89. The molecule has 0 aromatic carbocycles. The van der Waals surface area contributed by atoms with Crippen LogP contribution in [0.1, 0.15) is 12.8 Å². The van der Waals surface area contributed by atoms with Gasteiger partial charge in [0.1, 0.15) is 0 Å². The van der Waals surface area contributed by atoms with Gasteiger partial charge in [-0.1, -0.05) is 0 Å². The van der Waals surface area contributed by atoms with Crippen LogP contribution in [0.3, 0.4) is 0 Å². The van der Waals surface area contributed by atoms with Gasteiger partial charge < -0.3 is 4.74 Å². The first-order valence-electron chi connectivity index (χ1n) is 4.75. The van der Waals surface area contributed by atoms with Crippen molar-refractivity contribution in [2.24, 2.45) is 5.92 Å². The van der Waals surface area contributed by atoms with Crippen LogP contribution < -0.4 is 4.72 Å². The SMILES string of the molecule is O=S(=O)(CCCl)NCCOCC1CC1. The topological polar surface area (TPSA) is 55.4 Å². The maximum Gasteiger partial charge on any atom is 0.212 e. The lowest BCUT2D eigenvalue weighted by molar-refractivity contribution is 0.129. The molecule has 1 saturated carbocycles. The van der Waals surface area contributed by atoms with Gasteiger partial charge in [0, 0.05) is 19.0 Å². The minimum Gasteiger partial charge on any atom is -0.380 e. The molecule has 0 aliphatic heterocycles. The van der Waals surface area contributed by atoms with Gasteiger partial charge >= 0.3 is 0 Å². The number of halogens is 1. The third kappa shape index (κ3) is 5.80. The van der Waals surface area contributed by atoms with Crippen LogP contribution in [0, 0.1) is 5.92 Å². The Morgan fingerprint density at radius 1 is 1.43 bits per heavy atom. The highest BCUT2D eigenvalue weighted by Gasteiger charge is 2.20. The number of hydrogen-bond donors (Lipinski definition) is 1. The third-order valence-electron chi connectivity index (χ3n) is 1.96. The van der Waals surface area contributed by atoms with E-state index in [1.165, 1.54) is 12.8 Å². The Morgan fingerprint density at radius 2 is 2.14 bits per heavy atom. The number of sulfonamides is 1. The Hall–Kier alpha value is 0.160. The molecule has 1 N–H and O–H groups in total. The van der Waals surface area contributed by atoms with Crippen LogP contribution >= 0.6 is 11.6 Å². The maximum atomic E-state index is 11.1. The highest BCUT2D eigenvalue weighted by atomic mass is 35.5. The summed E-state index contributed by atoms with van der Waals surface area (Å²) in [4.78, 5) is 0. The molecule has 1 aliphatic rings. The quantitative estimate of drug-likeness (QED) is 0.499. The minimum absolute atomic E-state index is 0.0306. The third-order valence-corrected chi connectivity index (χ3v) is 3.76. The van der Waals surface area contributed by atoms with Crippen molar-refractivity contribution in [2.75, 3.05) is 31.4 Å². The molecule has 0 heterocycles. The second-order valence-corrected chi connectivity index (χ2v) is 5.72. The number of hydrogen-bond acceptors (Lipinski definition) is 3. The molecule has 1 fully saturated rings. The lowest BCUT2D eigenvalue weighted by Crippen LogP contribution is -2.30. The largest absolute Gasteiger partial charge is 0.380 e. The van der Waals surface area contributed by atoms with E-state index in [0.29, 0.717) is 13.2 Å². The van der Waals surface area contributed by atoms with E-state index in [1.54, 1.807) is 0 Å². The first kappa shape index (κ1) is 12.2. The van der Waals surface area contributed by atoms with Crippen molar-refractivity contribution in [2.45, 2.75) is 12.8 Å². The lowest BCUT2D eigenvalue weighted by Gasteiger charge is -2.05. The summed E-state index contributed by atoms with van der Waals surface area (Å²) in [5, 5.41) is 0. The lowest BCUT2D eigenvalue weighted by atomic mass is 10.5. The fourth-order valence-corrected chi connectivity index (χ4v) is 2.33. The Kier molecular flexibility index (Phi) is 5.15. The Balaban J connectivity index is 1.96. The van der Waals surface area contributed by atoms with Crippen molar-refractivity contribution < 1.29 is 13.2 Å². The Labute approximate surface area is 90.0 Å². The van der Waals surface area contributed by atoms with Crippen LogP contribution in [0.15, 0.2) is 0 Å². The van der Waals surface area contributed by atoms with E-state index in [9.17, 15) is 8.42 Å². The molecule has 4 nitrogen and oxygen atoms in total. The number of rotatable bonds is 8. The second-order valence-electron chi connectivity index (χ2n) is 3.42. The molecule has 0 bridgehead atoms. The van der Waals surface area contributed by atoms with Crippen LogP contribution in [0.5, 0.6) is 0 Å². The molecule has 1 rings (SSSR count). The Morgan fingerprint density at radius 3 is 2.71 bits per heavy atom. The van der Waals surface area contributed by atoms with Crippen LogP contribution in [0.2, 0.25) is 0 Å². The van der Waals surface area contributed by atoms with Gasteiger partial charge in [-0.2, -0.15) is 0 Å². The van der Waals surface area contributed by atoms with Crippen molar-refractivity contribution in [1.29, 1.82) is 0 Å². The number of alkyl halides is 1. The van der Waals surface area contributed by atoms with Gasteiger partial charge in [0.25, 0.3) is 0 Å². The van der Waals surface area contributed by atoms with E-state index in [-0.39, 0.29) is 11.6 Å². The van der Waals surface area contributed by atoms with Crippen LogP contribution in [-0.4, -0.2) is 39.8 Å². The summed E-state index contributed by atoms with van der Waals surface area (Å²) in [5.41, 5.74) is 0. The molecular formula is C8H16ClNO3S. The van der Waals surface area contributed by atoms with Gasteiger partial charge in [0.2, 0.25) is 10.0 Å². The fraction of sp³-hybridized carbons (Fsp3) is 1.00. The summed E-state index contributed by atoms with van der Waals surface area (Å²) in [6.07, 6.45) is 2.50. The summed E-state index contributed by atoms with van der Waals surface area (Å²) in [7, 11) is -3.18. The molecular weight excluding hydrogens is 226 g/mol. The summed E-state index contributed by atoms with van der Waals surface area (Å²) in [6, 6.07) is 0. The second kappa shape index (κ2) is 5.90. The molecule has 0 radical (unpaired) electrons. The fourth-order valence-electron chi connectivity index (χ4n) is 0.978. The summed E-state index contributed by atoms with van der Waals surface area (Å²) < 4.78 is 29.9. The predicted octanol–water partition coefficient (Wildman–Crippen LogP) is 0.571. The van der Waals surface area contributed by atoms with Gasteiger partial charge in [-0.05, 0) is 18.8 Å². The smallest absolute Gasteiger partial charge is 0.212 e. The summed E-state index contributed by atoms with van der Waals surface area (Å²) in [5.74, 6) is 0.810. The molecule has 0 spiro atoms. The zero-order valence-corrected chi connectivity index (χ0v) is 9.61. The first-order chi connectivity index (χ1) is 6.64. The Bertz CT molecular complexity index is 251. The zero-order chi connectivity index (χ0) is 10.4. The van der Waals surface area contributed by atoms with Gasteiger partial charge in [0.15, 0.2) is 0 Å². The molecule has 14 heavy (non-hydrogen) atoms. The monoisotopic (exact) mass is 241 g/mol. The molecule has 0 aromatic rings. The van der Waals surface area contributed by atoms with Crippen molar-refractivity contribution in [3.63, 3.8) is 0 Å². The first-order valence-corrected chi connectivity index (χ1v) is 6.94. The predicted molar refractivity (Wildman–Crippen MR) is 56.1 cm³/mol. The normalized spacial score (nSPS) is 17.2. The van der Waals surface area contributed by atoms with Crippen LogP contribution in [0.4, 0.5) is 0 Å². The van der Waals surface area contributed by atoms with Crippen molar-refractivity contribution in [3.8, 4) is 0 Å². The van der Waals surface area contributed by atoms with E-state index in [4.69, 9.17) is 16.3 Å². The van der Waals surface area contributed by atoms with Crippen molar-refractivity contribution in [1.82, 2.24) is 4.72 Å². The molecule has 0 unspecified atom stereocenters. The zero-order valence-electron chi connectivity index (χ0n) is 8.04. The average molecular weight is 242 g/mol.